The van der Waals surface area contributed by atoms with E-state index in [2.05, 4.69) is 11.3 Å². The molecule has 0 aliphatic rings. The summed E-state index contributed by atoms with van der Waals surface area (Å²) >= 11 is 0. The van der Waals surface area contributed by atoms with E-state index in [1.165, 1.54) is 0 Å². The monoisotopic (exact) mass is 79.1 g/mol. The van der Waals surface area contributed by atoms with Crippen molar-refractivity contribution in [2.75, 3.05) is 0 Å². The van der Waals surface area contributed by atoms with Gasteiger partial charge in [-0.25, -0.2) is 0 Å². The smallest absolute Gasteiger partial charge is 0.301 e. The zero-order chi connectivity index (χ0) is 2.71. The van der Waals surface area contributed by atoms with Crippen molar-refractivity contribution in [3.63, 3.8) is 0 Å². The molecule has 0 aliphatic heterocycles. The third-order valence-electron chi connectivity index (χ3n) is 0. The van der Waals surface area contributed by atoms with Crippen LogP contribution < -0.4 is 11.3 Å². The minimum atomic E-state index is 0. The van der Waals surface area contributed by atoms with Crippen molar-refractivity contribution in [2.24, 2.45) is 11.3 Å². The highest BCUT2D eigenvalue weighted by Gasteiger charge is 1.42. The second-order valence-electron chi connectivity index (χ2n) is 0.192. The Morgan fingerprint density at radius 3 is 1.00 bits per heavy atom. The van der Waals surface area contributed by atoms with E-state index in [-0.39, 0.29) is 11.0 Å². The molecule has 0 fully saturated rings. The average molecular weight is 78.9 g/mol. The molecule has 8 N–H and O–H groups in total. The molecule has 0 saturated carbocycles. The molecular formula is H8BN2O2. The summed E-state index contributed by atoms with van der Waals surface area (Å²) in [6.07, 6.45) is 0. The van der Waals surface area contributed by atoms with E-state index < -0.39 is 0 Å². The average Bonchev–Trinajstić information content (AvgIpc) is 0.918. The minimum Gasteiger partial charge on any atom is -0.412 e. The van der Waals surface area contributed by atoms with Crippen LogP contribution in [-0.4, -0.2) is 18.5 Å². The molecule has 0 spiro atoms. The standard InChI is InChI=1S/BH4N2.2H2O/c2-1-3;;/h2-3H2;2*1H2. The van der Waals surface area contributed by atoms with Gasteiger partial charge < -0.3 is 22.2 Å². The van der Waals surface area contributed by atoms with Crippen molar-refractivity contribution in [1.29, 1.82) is 0 Å². The fourth-order valence-corrected chi connectivity index (χ4v) is 0. The van der Waals surface area contributed by atoms with Gasteiger partial charge in [-0.2, -0.15) is 0 Å². The Bertz CT molecular complexity index is 7.61. The molecule has 33 valence electrons. The summed E-state index contributed by atoms with van der Waals surface area (Å²) in [4.78, 5) is 0. The van der Waals surface area contributed by atoms with Crippen LogP contribution in [0.2, 0.25) is 0 Å². The first-order valence-corrected chi connectivity index (χ1v) is 0.667. The second-order valence-corrected chi connectivity index (χ2v) is 0.192. The van der Waals surface area contributed by atoms with E-state index in [1.807, 2.05) is 0 Å². The molecule has 0 aliphatic carbocycles. The van der Waals surface area contributed by atoms with E-state index >= 15 is 0 Å². The van der Waals surface area contributed by atoms with Crippen molar-refractivity contribution in [3.05, 3.63) is 0 Å². The molecule has 0 saturated heterocycles. The molecule has 4 nitrogen and oxygen atoms in total. The number of nitrogens with two attached hydrogens (primary N) is 2. The van der Waals surface area contributed by atoms with Gasteiger partial charge in [0, 0.05) is 0 Å². The van der Waals surface area contributed by atoms with Gasteiger partial charge in [-0.15, -0.1) is 0 Å². The number of rotatable bonds is 0. The van der Waals surface area contributed by atoms with Crippen LogP contribution in [0, 0.1) is 0 Å². The highest BCUT2D eigenvalue weighted by Crippen LogP contribution is 0.750. The molecule has 5 heteroatoms. The summed E-state index contributed by atoms with van der Waals surface area (Å²) in [7, 11) is 1.00. The summed E-state index contributed by atoms with van der Waals surface area (Å²) in [5.74, 6) is 0. The van der Waals surface area contributed by atoms with Crippen molar-refractivity contribution in [1.82, 2.24) is 0 Å². The summed E-state index contributed by atoms with van der Waals surface area (Å²) in [6.45, 7) is 0. The first kappa shape index (κ1) is 20.6. The second kappa shape index (κ2) is 40.2. The highest BCUT2D eigenvalue weighted by molar-refractivity contribution is 6.26. The zero-order valence-corrected chi connectivity index (χ0v) is 2.73. The lowest BCUT2D eigenvalue weighted by Crippen LogP contribution is -2.15. The molecule has 0 atom stereocenters. The summed E-state index contributed by atoms with van der Waals surface area (Å²) in [5.41, 5.74) is 9.00. The molecule has 0 amide bonds. The van der Waals surface area contributed by atoms with E-state index in [0.29, 0.717) is 0 Å². The van der Waals surface area contributed by atoms with Gasteiger partial charge in [0.25, 0.3) is 0 Å². The van der Waals surface area contributed by atoms with Gasteiger partial charge >= 0.3 is 7.55 Å². The van der Waals surface area contributed by atoms with Gasteiger partial charge in [0.1, 0.15) is 0 Å². The van der Waals surface area contributed by atoms with Crippen LogP contribution in [0.3, 0.4) is 0 Å². The third kappa shape index (κ3) is 1570. The first-order chi connectivity index (χ1) is 1.41. The number of hydrogen-bond donors (Lipinski definition) is 2. The maximum Gasteiger partial charge on any atom is 0.301 e. The van der Waals surface area contributed by atoms with E-state index in [9.17, 15) is 0 Å². The molecule has 0 aromatic rings. The first-order valence-electron chi connectivity index (χ1n) is 0.667. The lowest BCUT2D eigenvalue weighted by Gasteiger charge is -1.48. The Kier molecular flexibility index (Phi) is 166. The Balaban J connectivity index is -0.0000000200. The lowest BCUT2D eigenvalue weighted by atomic mass is 10.3. The molecule has 1 radical (unpaired) electrons. The molecule has 0 heterocycles. The topological polar surface area (TPSA) is 115 Å². The molecule has 0 unspecified atom stereocenters. The zero-order valence-electron chi connectivity index (χ0n) is 2.73. The molecule has 5 heavy (non-hydrogen) atoms. The SMILES string of the molecule is N[B]N.O.O. The van der Waals surface area contributed by atoms with E-state index in [1.54, 1.807) is 0 Å². The Labute approximate surface area is 31.0 Å². The fourth-order valence-electron chi connectivity index (χ4n) is 0. The van der Waals surface area contributed by atoms with E-state index in [0.717, 1.165) is 7.55 Å². The van der Waals surface area contributed by atoms with Crippen LogP contribution in [0.4, 0.5) is 0 Å². The molecule has 0 bridgehead atoms. The van der Waals surface area contributed by atoms with Crippen LogP contribution in [0.5, 0.6) is 0 Å². The Morgan fingerprint density at radius 1 is 1.00 bits per heavy atom. The summed E-state index contributed by atoms with van der Waals surface area (Å²) in [5, 5.41) is 0. The fraction of sp³-hybridized carbons (Fsp3) is 0. The van der Waals surface area contributed by atoms with Gasteiger partial charge in [0.05, 0.1) is 0 Å². The van der Waals surface area contributed by atoms with Gasteiger partial charge in [0.2, 0.25) is 0 Å². The van der Waals surface area contributed by atoms with Gasteiger partial charge in [-0.3, -0.25) is 0 Å². The van der Waals surface area contributed by atoms with Crippen molar-refractivity contribution >= 4 is 7.55 Å². The maximum atomic E-state index is 4.50. The van der Waals surface area contributed by atoms with Crippen LogP contribution in [0.1, 0.15) is 0 Å². The third-order valence-corrected chi connectivity index (χ3v) is 0. The predicted octanol–water partition coefficient (Wildman–Crippen LogP) is -3.21. The minimum absolute atomic E-state index is 0. The number of hydrogen-bond acceptors (Lipinski definition) is 2. The lowest BCUT2D eigenvalue weighted by molar-refractivity contribution is 0.823. The molecular weight excluding hydrogens is 70.8 g/mol. The van der Waals surface area contributed by atoms with Crippen LogP contribution >= 0.6 is 0 Å². The molecule has 0 aromatic heterocycles. The van der Waals surface area contributed by atoms with E-state index in [4.69, 9.17) is 0 Å². The predicted molar refractivity (Wildman–Crippen MR) is 21.4 cm³/mol. The summed E-state index contributed by atoms with van der Waals surface area (Å²) in [6, 6.07) is 0. The summed E-state index contributed by atoms with van der Waals surface area (Å²) < 4.78 is 0. The van der Waals surface area contributed by atoms with Crippen LogP contribution in [-0.2, 0) is 0 Å². The quantitative estimate of drug-likeness (QED) is 0.297. The largest absolute Gasteiger partial charge is 0.412 e. The van der Waals surface area contributed by atoms with Crippen molar-refractivity contribution < 1.29 is 11.0 Å². The Morgan fingerprint density at radius 2 is 1.00 bits per heavy atom. The highest BCUT2D eigenvalue weighted by atomic mass is 16.0. The molecule has 0 aromatic carbocycles. The maximum absolute atomic E-state index is 4.50. The van der Waals surface area contributed by atoms with Gasteiger partial charge in [0.15, 0.2) is 0 Å². The van der Waals surface area contributed by atoms with Gasteiger partial charge in [-0.05, 0) is 0 Å². The Hall–Kier alpha value is -0.0951. The van der Waals surface area contributed by atoms with Crippen molar-refractivity contribution in [2.45, 2.75) is 0 Å². The normalized spacial score (nSPS) is 2.80. The van der Waals surface area contributed by atoms with Crippen LogP contribution in [0.15, 0.2) is 0 Å². The van der Waals surface area contributed by atoms with Crippen molar-refractivity contribution in [3.8, 4) is 0 Å². The molecule has 0 rings (SSSR count). The van der Waals surface area contributed by atoms with Gasteiger partial charge in [-0.1, -0.05) is 0 Å². The van der Waals surface area contributed by atoms with Crippen LogP contribution in [0.25, 0.3) is 0 Å².